The zero-order chi connectivity index (χ0) is 16.8. The van der Waals surface area contributed by atoms with Crippen molar-refractivity contribution in [2.24, 2.45) is 0 Å². The molecule has 2 rings (SSSR count). The van der Waals surface area contributed by atoms with Crippen molar-refractivity contribution in [3.05, 3.63) is 53.6 Å². The fourth-order valence-electron chi connectivity index (χ4n) is 2.40. The maximum Gasteiger partial charge on any atom is 0.311 e. The molecule has 0 saturated heterocycles. The third-order valence-corrected chi connectivity index (χ3v) is 3.56. The fraction of sp³-hybridized carbons (Fsp3) is 0.278. The third-order valence-electron chi connectivity index (χ3n) is 3.56. The van der Waals surface area contributed by atoms with Crippen LogP contribution in [0.1, 0.15) is 24.0 Å². The number of phenols is 1. The van der Waals surface area contributed by atoms with Gasteiger partial charge in [0.15, 0.2) is 11.5 Å². The van der Waals surface area contributed by atoms with E-state index in [0.717, 1.165) is 5.56 Å². The Kier molecular flexibility index (Phi) is 5.46. The van der Waals surface area contributed by atoms with E-state index < -0.39 is 11.9 Å². The second kappa shape index (κ2) is 7.54. The summed E-state index contributed by atoms with van der Waals surface area (Å²) in [6, 6.07) is 11.6. The minimum absolute atomic E-state index is 0.112. The molecule has 0 aliphatic carbocycles. The highest BCUT2D eigenvalue weighted by Crippen LogP contribution is 2.31. The van der Waals surface area contributed by atoms with Gasteiger partial charge in [-0.05, 0) is 48.7 Å². The van der Waals surface area contributed by atoms with Crippen molar-refractivity contribution in [3.63, 3.8) is 0 Å². The molecule has 0 aromatic heterocycles. The number of phenolic OH excluding ortho intramolecular Hbond substituents is 1. The van der Waals surface area contributed by atoms with Crippen LogP contribution in [-0.2, 0) is 11.2 Å². The Morgan fingerprint density at radius 3 is 2.39 bits per heavy atom. The first-order chi connectivity index (χ1) is 11.0. The maximum absolute atomic E-state index is 11.6. The third kappa shape index (κ3) is 4.16. The summed E-state index contributed by atoms with van der Waals surface area (Å²) >= 11 is 0. The molecular formula is C18H20O5. The summed E-state index contributed by atoms with van der Waals surface area (Å²) in [5, 5.41) is 18.8. The number of carbonyl (C=O) groups is 1. The summed E-state index contributed by atoms with van der Waals surface area (Å²) in [6.07, 6.45) is 0.322. The summed E-state index contributed by atoms with van der Waals surface area (Å²) < 4.78 is 10.8. The van der Waals surface area contributed by atoms with Crippen LogP contribution in [0.3, 0.4) is 0 Å². The van der Waals surface area contributed by atoms with Crippen LogP contribution >= 0.6 is 0 Å². The van der Waals surface area contributed by atoms with Gasteiger partial charge in [0, 0.05) is 0 Å². The number of aromatic hydroxyl groups is 1. The van der Waals surface area contributed by atoms with Crippen molar-refractivity contribution in [1.82, 2.24) is 0 Å². The SMILES string of the molecule is CCOc1ccc(CC(C(=O)O)c2ccc(O)cc2)cc1OC. The number of hydrogen-bond donors (Lipinski definition) is 2. The molecule has 5 nitrogen and oxygen atoms in total. The van der Waals surface area contributed by atoms with Crippen molar-refractivity contribution in [2.75, 3.05) is 13.7 Å². The number of rotatable bonds is 7. The first-order valence-corrected chi connectivity index (χ1v) is 7.36. The van der Waals surface area contributed by atoms with E-state index in [-0.39, 0.29) is 5.75 Å². The smallest absolute Gasteiger partial charge is 0.311 e. The normalized spacial score (nSPS) is 11.7. The molecule has 23 heavy (non-hydrogen) atoms. The van der Waals surface area contributed by atoms with Gasteiger partial charge < -0.3 is 19.7 Å². The Morgan fingerprint density at radius 2 is 1.83 bits per heavy atom. The van der Waals surface area contributed by atoms with Crippen molar-refractivity contribution in [1.29, 1.82) is 0 Å². The molecule has 0 aliphatic heterocycles. The van der Waals surface area contributed by atoms with Gasteiger partial charge in [0.25, 0.3) is 0 Å². The van der Waals surface area contributed by atoms with Crippen LogP contribution in [0.4, 0.5) is 0 Å². The van der Waals surface area contributed by atoms with Crippen LogP contribution in [-0.4, -0.2) is 29.9 Å². The van der Waals surface area contributed by atoms with E-state index in [1.54, 1.807) is 31.4 Å². The van der Waals surface area contributed by atoms with Gasteiger partial charge >= 0.3 is 5.97 Å². The summed E-state index contributed by atoms with van der Waals surface area (Å²) in [5.74, 6) is -0.281. The van der Waals surface area contributed by atoms with Crippen LogP contribution in [0.2, 0.25) is 0 Å². The van der Waals surface area contributed by atoms with Crippen molar-refractivity contribution >= 4 is 5.97 Å². The second-order valence-corrected chi connectivity index (χ2v) is 5.10. The molecule has 0 saturated carbocycles. The van der Waals surface area contributed by atoms with Crippen LogP contribution in [0, 0.1) is 0 Å². The largest absolute Gasteiger partial charge is 0.508 e. The van der Waals surface area contributed by atoms with Gasteiger partial charge in [-0.25, -0.2) is 0 Å². The standard InChI is InChI=1S/C18H20O5/c1-3-23-16-9-4-12(11-17(16)22-2)10-15(18(20)21)13-5-7-14(19)8-6-13/h4-9,11,15,19H,3,10H2,1-2H3,(H,20,21). The van der Waals surface area contributed by atoms with E-state index in [1.165, 1.54) is 12.1 Å². The molecule has 0 heterocycles. The number of carboxylic acid groups (broad SMARTS) is 1. The predicted molar refractivity (Wildman–Crippen MR) is 86.4 cm³/mol. The highest BCUT2D eigenvalue weighted by atomic mass is 16.5. The van der Waals surface area contributed by atoms with E-state index in [1.807, 2.05) is 13.0 Å². The summed E-state index contributed by atoms with van der Waals surface area (Å²) in [7, 11) is 1.55. The average molecular weight is 316 g/mol. The van der Waals surface area contributed by atoms with Gasteiger partial charge in [0.1, 0.15) is 5.75 Å². The quantitative estimate of drug-likeness (QED) is 0.820. The molecule has 2 aromatic rings. The van der Waals surface area contributed by atoms with E-state index >= 15 is 0 Å². The van der Waals surface area contributed by atoms with Gasteiger partial charge in [0.2, 0.25) is 0 Å². The van der Waals surface area contributed by atoms with Gasteiger partial charge in [-0.15, -0.1) is 0 Å². The van der Waals surface area contributed by atoms with Gasteiger partial charge in [-0.2, -0.15) is 0 Å². The fourth-order valence-corrected chi connectivity index (χ4v) is 2.40. The topological polar surface area (TPSA) is 76.0 Å². The monoisotopic (exact) mass is 316 g/mol. The Bertz CT molecular complexity index is 664. The van der Waals surface area contributed by atoms with Crippen molar-refractivity contribution in [3.8, 4) is 17.2 Å². The lowest BCUT2D eigenvalue weighted by Gasteiger charge is -2.15. The molecular weight excluding hydrogens is 296 g/mol. The number of benzene rings is 2. The molecule has 0 amide bonds. The Morgan fingerprint density at radius 1 is 1.13 bits per heavy atom. The number of aliphatic carboxylic acids is 1. The molecule has 1 atom stereocenters. The molecule has 5 heteroatoms. The Balaban J connectivity index is 2.26. The first-order valence-electron chi connectivity index (χ1n) is 7.36. The van der Waals surface area contributed by atoms with E-state index in [2.05, 4.69) is 0 Å². The molecule has 0 bridgehead atoms. The molecule has 0 radical (unpaired) electrons. The molecule has 2 aromatic carbocycles. The minimum atomic E-state index is -0.913. The Hall–Kier alpha value is -2.69. The van der Waals surface area contributed by atoms with Crippen molar-refractivity contribution < 1.29 is 24.5 Å². The first kappa shape index (κ1) is 16.7. The van der Waals surface area contributed by atoms with Crippen LogP contribution in [0.5, 0.6) is 17.2 Å². The van der Waals surface area contributed by atoms with Gasteiger partial charge in [-0.3, -0.25) is 4.79 Å². The molecule has 0 aliphatic rings. The molecule has 0 spiro atoms. The van der Waals surface area contributed by atoms with E-state index in [0.29, 0.717) is 30.1 Å². The zero-order valence-electron chi connectivity index (χ0n) is 13.2. The van der Waals surface area contributed by atoms with Crippen LogP contribution in [0.15, 0.2) is 42.5 Å². The maximum atomic E-state index is 11.6. The summed E-state index contributed by atoms with van der Waals surface area (Å²) in [4.78, 5) is 11.6. The Labute approximate surface area is 135 Å². The molecule has 122 valence electrons. The van der Waals surface area contributed by atoms with Crippen molar-refractivity contribution in [2.45, 2.75) is 19.3 Å². The van der Waals surface area contributed by atoms with Crippen LogP contribution < -0.4 is 9.47 Å². The van der Waals surface area contributed by atoms with Crippen LogP contribution in [0.25, 0.3) is 0 Å². The number of ether oxygens (including phenoxy) is 2. The number of carboxylic acids is 1. The molecule has 2 N–H and O–H groups in total. The highest BCUT2D eigenvalue weighted by molar-refractivity contribution is 5.76. The highest BCUT2D eigenvalue weighted by Gasteiger charge is 2.21. The summed E-state index contributed by atoms with van der Waals surface area (Å²) in [6.45, 7) is 2.42. The number of methoxy groups -OCH3 is 1. The minimum Gasteiger partial charge on any atom is -0.508 e. The lowest BCUT2D eigenvalue weighted by molar-refractivity contribution is -0.138. The molecule has 1 unspecified atom stereocenters. The lowest BCUT2D eigenvalue weighted by atomic mass is 9.92. The summed E-state index contributed by atoms with van der Waals surface area (Å²) in [5.41, 5.74) is 1.48. The molecule has 0 fully saturated rings. The lowest BCUT2D eigenvalue weighted by Crippen LogP contribution is -2.14. The zero-order valence-corrected chi connectivity index (χ0v) is 13.2. The number of hydrogen-bond acceptors (Lipinski definition) is 4. The van der Waals surface area contributed by atoms with Gasteiger partial charge in [-0.1, -0.05) is 18.2 Å². The predicted octanol–water partition coefficient (Wildman–Crippen LogP) is 3.21. The average Bonchev–Trinajstić information content (AvgIpc) is 2.54. The second-order valence-electron chi connectivity index (χ2n) is 5.10. The van der Waals surface area contributed by atoms with E-state index in [4.69, 9.17) is 9.47 Å². The van der Waals surface area contributed by atoms with Gasteiger partial charge in [0.05, 0.1) is 19.6 Å². The van der Waals surface area contributed by atoms with E-state index in [9.17, 15) is 15.0 Å².